The highest BCUT2D eigenvalue weighted by Crippen LogP contribution is 2.65. The van der Waals surface area contributed by atoms with Crippen molar-refractivity contribution < 1.29 is 13.0 Å². The summed E-state index contributed by atoms with van der Waals surface area (Å²) in [5, 5.41) is 0. The van der Waals surface area contributed by atoms with Crippen LogP contribution in [-0.4, -0.2) is 18.7 Å². The van der Waals surface area contributed by atoms with E-state index in [1.807, 2.05) is 6.92 Å². The summed E-state index contributed by atoms with van der Waals surface area (Å²) in [4.78, 5) is 0. The molecule has 82 valence electrons. The molecule has 4 heteroatoms. The first kappa shape index (κ1) is 10.4. The molecule has 2 aliphatic carbocycles. The van der Waals surface area contributed by atoms with Gasteiger partial charge >= 0.3 is 0 Å². The van der Waals surface area contributed by atoms with Crippen molar-refractivity contribution in [3.05, 3.63) is 0 Å². The molecule has 0 amide bonds. The molecule has 3 nitrogen and oxygen atoms in total. The van der Waals surface area contributed by atoms with Crippen LogP contribution in [0.15, 0.2) is 0 Å². The molecule has 0 aromatic rings. The molecule has 14 heavy (non-hydrogen) atoms. The van der Waals surface area contributed by atoms with Crippen molar-refractivity contribution in [2.45, 2.75) is 39.5 Å². The summed E-state index contributed by atoms with van der Waals surface area (Å²) < 4.78 is 31.0. The van der Waals surface area contributed by atoms with Crippen LogP contribution in [-0.2, 0) is 10.1 Å². The highest BCUT2D eigenvalue weighted by Gasteiger charge is 2.59. The standard InChI is InChI=1S/C10H18O3S/c1-9-5-3-8(4-6-9)10(9,2)7-14(11,12)13/h8H,3-7H2,1-2H3,(H,11,12,13). The minimum absolute atomic E-state index is 0.0544. The monoisotopic (exact) mass is 218 g/mol. The smallest absolute Gasteiger partial charge is 0.265 e. The van der Waals surface area contributed by atoms with Crippen molar-refractivity contribution in [1.29, 1.82) is 0 Å². The maximum Gasteiger partial charge on any atom is 0.265 e. The molecule has 0 heterocycles. The molecular formula is C10H18O3S. The predicted molar refractivity (Wildman–Crippen MR) is 54.6 cm³/mol. The third kappa shape index (κ3) is 1.31. The van der Waals surface area contributed by atoms with Gasteiger partial charge in [-0.2, -0.15) is 8.42 Å². The van der Waals surface area contributed by atoms with E-state index in [4.69, 9.17) is 4.55 Å². The van der Waals surface area contributed by atoms with E-state index in [2.05, 4.69) is 6.92 Å². The van der Waals surface area contributed by atoms with Crippen molar-refractivity contribution >= 4 is 10.1 Å². The number of hydrogen-bond acceptors (Lipinski definition) is 2. The van der Waals surface area contributed by atoms with Crippen LogP contribution in [0.4, 0.5) is 0 Å². The summed E-state index contributed by atoms with van der Waals surface area (Å²) >= 11 is 0. The largest absolute Gasteiger partial charge is 0.286 e. The highest BCUT2D eigenvalue weighted by atomic mass is 32.2. The fraction of sp³-hybridized carbons (Fsp3) is 1.00. The third-order valence-electron chi connectivity index (χ3n) is 4.85. The van der Waals surface area contributed by atoms with Crippen LogP contribution < -0.4 is 0 Å². The Hall–Kier alpha value is -0.0900. The third-order valence-corrected chi connectivity index (χ3v) is 5.82. The number of rotatable bonds is 2. The van der Waals surface area contributed by atoms with Gasteiger partial charge in [-0.3, -0.25) is 4.55 Å². The fourth-order valence-electron chi connectivity index (χ4n) is 3.63. The first-order chi connectivity index (χ1) is 6.27. The molecule has 0 radical (unpaired) electrons. The van der Waals surface area contributed by atoms with Crippen LogP contribution in [0, 0.1) is 16.7 Å². The van der Waals surface area contributed by atoms with Crippen molar-refractivity contribution in [3.8, 4) is 0 Å². The SMILES string of the molecule is CC12CCC(CC1)C2(C)CS(=O)(=O)O. The molecule has 2 bridgehead atoms. The van der Waals surface area contributed by atoms with Crippen LogP contribution in [0.2, 0.25) is 0 Å². The molecule has 1 N–H and O–H groups in total. The van der Waals surface area contributed by atoms with Crippen LogP contribution in [0.1, 0.15) is 39.5 Å². The first-order valence-corrected chi connectivity index (χ1v) is 6.83. The Morgan fingerprint density at radius 1 is 1.29 bits per heavy atom. The zero-order valence-corrected chi connectivity index (χ0v) is 9.60. The van der Waals surface area contributed by atoms with Gasteiger partial charge in [-0.15, -0.1) is 0 Å². The van der Waals surface area contributed by atoms with E-state index in [1.54, 1.807) is 0 Å². The molecule has 2 fully saturated rings. The molecule has 0 aromatic carbocycles. The summed E-state index contributed by atoms with van der Waals surface area (Å²) in [5.41, 5.74) is -0.0615. The minimum Gasteiger partial charge on any atom is -0.286 e. The lowest BCUT2D eigenvalue weighted by atomic mass is 9.71. The minimum atomic E-state index is -3.83. The Kier molecular flexibility index (Phi) is 2.03. The molecule has 2 saturated carbocycles. The van der Waals surface area contributed by atoms with E-state index >= 15 is 0 Å². The molecule has 1 unspecified atom stereocenters. The second kappa shape index (κ2) is 2.73. The van der Waals surface area contributed by atoms with Gasteiger partial charge in [0.2, 0.25) is 0 Å². The van der Waals surface area contributed by atoms with Gasteiger partial charge in [-0.05, 0) is 42.4 Å². The summed E-state index contributed by atoms with van der Waals surface area (Å²) in [7, 11) is -3.83. The van der Waals surface area contributed by atoms with Gasteiger partial charge < -0.3 is 0 Å². The van der Waals surface area contributed by atoms with Crippen LogP contribution in [0.3, 0.4) is 0 Å². The molecule has 2 rings (SSSR count). The predicted octanol–water partition coefficient (Wildman–Crippen LogP) is 2.09. The summed E-state index contributed by atoms with van der Waals surface area (Å²) in [5.74, 6) is 0.440. The second-order valence-corrected chi connectivity index (χ2v) is 6.93. The van der Waals surface area contributed by atoms with Crippen LogP contribution in [0.25, 0.3) is 0 Å². The van der Waals surface area contributed by atoms with Gasteiger partial charge in [0.1, 0.15) is 0 Å². The Morgan fingerprint density at radius 3 is 2.07 bits per heavy atom. The van der Waals surface area contributed by atoms with Crippen LogP contribution >= 0.6 is 0 Å². The Balaban J connectivity index is 2.32. The topological polar surface area (TPSA) is 54.4 Å². The molecule has 0 spiro atoms. The maximum atomic E-state index is 11.0. The average molecular weight is 218 g/mol. The van der Waals surface area contributed by atoms with E-state index in [-0.39, 0.29) is 16.6 Å². The summed E-state index contributed by atoms with van der Waals surface area (Å²) in [6.45, 7) is 4.20. The van der Waals surface area contributed by atoms with Gasteiger partial charge in [-0.1, -0.05) is 13.8 Å². The molecule has 0 saturated heterocycles. The summed E-state index contributed by atoms with van der Waals surface area (Å²) in [6.07, 6.45) is 4.48. The van der Waals surface area contributed by atoms with Crippen molar-refractivity contribution in [3.63, 3.8) is 0 Å². The van der Waals surface area contributed by atoms with Crippen LogP contribution in [0.5, 0.6) is 0 Å². The molecular weight excluding hydrogens is 200 g/mol. The Morgan fingerprint density at radius 2 is 1.79 bits per heavy atom. The van der Waals surface area contributed by atoms with Gasteiger partial charge in [-0.25, -0.2) is 0 Å². The molecule has 1 atom stereocenters. The highest BCUT2D eigenvalue weighted by molar-refractivity contribution is 7.85. The lowest BCUT2D eigenvalue weighted by molar-refractivity contribution is 0.153. The fourth-order valence-corrected chi connectivity index (χ4v) is 4.97. The van der Waals surface area contributed by atoms with Gasteiger partial charge in [0.25, 0.3) is 10.1 Å². The normalized spacial score (nSPS) is 47.2. The van der Waals surface area contributed by atoms with E-state index in [9.17, 15) is 8.42 Å². The zero-order valence-electron chi connectivity index (χ0n) is 8.78. The average Bonchev–Trinajstić information content (AvgIpc) is 2.34. The maximum absolute atomic E-state index is 11.0. The zero-order chi connectivity index (χ0) is 10.6. The van der Waals surface area contributed by atoms with E-state index in [1.165, 1.54) is 0 Å². The molecule has 0 aromatic heterocycles. The van der Waals surface area contributed by atoms with Crippen molar-refractivity contribution in [1.82, 2.24) is 0 Å². The van der Waals surface area contributed by atoms with Gasteiger partial charge in [0.05, 0.1) is 5.75 Å². The molecule has 2 aliphatic rings. The lowest BCUT2D eigenvalue weighted by Gasteiger charge is -2.37. The Bertz CT molecular complexity index is 338. The molecule has 0 aliphatic heterocycles. The second-order valence-electron chi connectivity index (χ2n) is 5.48. The van der Waals surface area contributed by atoms with Crippen molar-refractivity contribution in [2.24, 2.45) is 16.7 Å². The van der Waals surface area contributed by atoms with Gasteiger partial charge in [0, 0.05) is 0 Å². The summed E-state index contributed by atoms with van der Waals surface area (Å²) in [6, 6.07) is 0. The first-order valence-electron chi connectivity index (χ1n) is 5.22. The number of hydrogen-bond donors (Lipinski definition) is 1. The van der Waals surface area contributed by atoms with E-state index in [0.29, 0.717) is 5.92 Å². The van der Waals surface area contributed by atoms with E-state index in [0.717, 1.165) is 25.7 Å². The number of fused-ring (bicyclic) bond motifs is 2. The lowest BCUT2D eigenvalue weighted by Crippen LogP contribution is -2.37. The van der Waals surface area contributed by atoms with E-state index < -0.39 is 10.1 Å². The quantitative estimate of drug-likeness (QED) is 0.722. The Labute approximate surface area is 85.6 Å². The van der Waals surface area contributed by atoms with Crippen molar-refractivity contribution in [2.75, 3.05) is 5.75 Å². The van der Waals surface area contributed by atoms with Gasteiger partial charge in [0.15, 0.2) is 0 Å².